The molecule has 0 amide bonds. The average Bonchev–Trinajstić information content (AvgIpc) is 2.86. The molecule has 0 aliphatic heterocycles. The molecule has 2 nitrogen and oxygen atoms in total. The number of hydrogen-bond donors (Lipinski definition) is 1. The Morgan fingerprint density at radius 3 is 2.76 bits per heavy atom. The number of aromatic nitrogens is 2. The van der Waals surface area contributed by atoms with Crippen LogP contribution in [0.4, 0.5) is 4.39 Å². The molecule has 0 spiro atoms. The van der Waals surface area contributed by atoms with E-state index in [1.165, 1.54) is 0 Å². The van der Waals surface area contributed by atoms with Crippen molar-refractivity contribution in [1.29, 1.82) is 0 Å². The van der Waals surface area contributed by atoms with Gasteiger partial charge in [-0.1, -0.05) is 12.2 Å². The molecule has 1 aliphatic carbocycles. The Morgan fingerprint density at radius 2 is 2.06 bits per heavy atom. The second-order valence-corrected chi connectivity index (χ2v) is 5.73. The summed E-state index contributed by atoms with van der Waals surface area (Å²) in [6.07, 6.45) is 6.23. The fraction of sp³-hybridized carbons (Fsp3) is 0.250. The Bertz CT molecular complexity index is 663. The van der Waals surface area contributed by atoms with Crippen LogP contribution in [0.25, 0.3) is 11.0 Å². The van der Waals surface area contributed by atoms with Gasteiger partial charge in [0.2, 0.25) is 0 Å². The van der Waals surface area contributed by atoms with Crippen molar-refractivity contribution in [2.45, 2.75) is 18.9 Å². The predicted octanol–water partition coefficient (Wildman–Crippen LogP) is 4.33. The minimum Gasteiger partial charge on any atom is -0.331 e. The van der Waals surface area contributed by atoms with Crippen molar-refractivity contribution >= 4 is 45.8 Å². The van der Waals surface area contributed by atoms with Gasteiger partial charge in [-0.25, -0.2) is 4.39 Å². The van der Waals surface area contributed by atoms with E-state index in [1.54, 1.807) is 12.1 Å². The number of nitrogens with one attached hydrogen (secondary N) is 1. The lowest BCUT2D eigenvalue weighted by molar-refractivity contribution is 0.542. The minimum absolute atomic E-state index is 0.188. The molecule has 88 valence electrons. The van der Waals surface area contributed by atoms with Crippen LogP contribution in [0, 0.1) is 14.2 Å². The summed E-state index contributed by atoms with van der Waals surface area (Å²) >= 11 is 7.32. The zero-order valence-electron chi connectivity index (χ0n) is 8.91. The van der Waals surface area contributed by atoms with E-state index in [0.29, 0.717) is 14.4 Å². The normalized spacial score (nSPS) is 16.1. The number of fused-ring (bicyclic) bond motifs is 1. The highest BCUT2D eigenvalue weighted by Crippen LogP contribution is 2.29. The van der Waals surface area contributed by atoms with Gasteiger partial charge in [0.25, 0.3) is 0 Å². The van der Waals surface area contributed by atoms with E-state index >= 15 is 0 Å². The molecule has 1 heterocycles. The Morgan fingerprint density at radius 1 is 1.35 bits per heavy atom. The monoisotopic (exact) mass is 360 g/mol. The molecule has 3 rings (SSSR count). The van der Waals surface area contributed by atoms with Gasteiger partial charge in [0, 0.05) is 12.1 Å². The van der Waals surface area contributed by atoms with E-state index in [1.807, 2.05) is 27.2 Å². The van der Waals surface area contributed by atoms with Crippen LogP contribution in [0.15, 0.2) is 24.3 Å². The molecule has 0 fully saturated rings. The quantitative estimate of drug-likeness (QED) is 0.456. The summed E-state index contributed by atoms with van der Waals surface area (Å²) in [6.45, 7) is 0. The van der Waals surface area contributed by atoms with Crippen LogP contribution in [0.5, 0.6) is 0 Å². The smallest absolute Gasteiger partial charge is 0.178 e. The van der Waals surface area contributed by atoms with Crippen molar-refractivity contribution in [3.63, 3.8) is 0 Å². The average molecular weight is 360 g/mol. The molecule has 1 aromatic heterocycles. The molecule has 0 atom stereocenters. The number of imidazole rings is 1. The Hall–Kier alpha value is -0.690. The van der Waals surface area contributed by atoms with Crippen LogP contribution >= 0.6 is 34.8 Å². The van der Waals surface area contributed by atoms with Crippen molar-refractivity contribution in [1.82, 2.24) is 9.55 Å². The van der Waals surface area contributed by atoms with Crippen LogP contribution in [0.1, 0.15) is 18.9 Å². The van der Waals surface area contributed by atoms with E-state index in [9.17, 15) is 4.39 Å². The molecule has 0 radical (unpaired) electrons. The second-order valence-electron chi connectivity index (χ2n) is 4.18. The van der Waals surface area contributed by atoms with Crippen molar-refractivity contribution in [2.75, 3.05) is 0 Å². The number of allylic oxidation sites excluding steroid dienone is 2. The second kappa shape index (κ2) is 4.20. The molecule has 0 unspecified atom stereocenters. The summed E-state index contributed by atoms with van der Waals surface area (Å²) in [5, 5.41) is 0. The van der Waals surface area contributed by atoms with E-state index < -0.39 is 0 Å². The molecular weight excluding hydrogens is 350 g/mol. The Balaban J connectivity index is 2.26. The third kappa shape index (κ3) is 1.85. The van der Waals surface area contributed by atoms with E-state index in [-0.39, 0.29) is 5.82 Å². The molecule has 1 aliphatic rings. The number of aromatic amines is 1. The maximum atomic E-state index is 13.6. The number of rotatable bonds is 1. The Labute approximate surface area is 117 Å². The van der Waals surface area contributed by atoms with Gasteiger partial charge in [-0.3, -0.25) is 0 Å². The topological polar surface area (TPSA) is 20.7 Å². The van der Waals surface area contributed by atoms with E-state index in [4.69, 9.17) is 12.2 Å². The first-order chi connectivity index (χ1) is 8.16. The standard InChI is InChI=1S/C12H10FIN2S/c13-8-5-11-10(6-9(8)14)15-12(17)16(11)7-3-1-2-4-7/h1-2,5-7H,3-4H2,(H,15,17). The first-order valence-electron chi connectivity index (χ1n) is 5.41. The third-order valence-electron chi connectivity index (χ3n) is 3.11. The van der Waals surface area contributed by atoms with Crippen LogP contribution in [-0.4, -0.2) is 9.55 Å². The highest BCUT2D eigenvalue weighted by molar-refractivity contribution is 14.1. The molecule has 5 heteroatoms. The largest absolute Gasteiger partial charge is 0.331 e. The van der Waals surface area contributed by atoms with Gasteiger partial charge in [0.1, 0.15) is 5.82 Å². The zero-order chi connectivity index (χ0) is 12.0. The number of benzene rings is 1. The van der Waals surface area contributed by atoms with Crippen molar-refractivity contribution in [2.24, 2.45) is 0 Å². The predicted molar refractivity (Wildman–Crippen MR) is 77.2 cm³/mol. The zero-order valence-corrected chi connectivity index (χ0v) is 11.9. The fourth-order valence-corrected chi connectivity index (χ4v) is 3.12. The lowest BCUT2D eigenvalue weighted by atomic mass is 10.2. The minimum atomic E-state index is -0.188. The molecule has 0 saturated heterocycles. The van der Waals surface area contributed by atoms with Gasteiger partial charge in [-0.15, -0.1) is 0 Å². The maximum absolute atomic E-state index is 13.6. The summed E-state index contributed by atoms with van der Waals surface area (Å²) in [7, 11) is 0. The number of H-pyrrole nitrogens is 1. The molecule has 0 bridgehead atoms. The molecule has 1 aromatic carbocycles. The van der Waals surface area contributed by atoms with Crippen molar-refractivity contribution in [3.05, 3.63) is 38.4 Å². The van der Waals surface area contributed by atoms with Crippen molar-refractivity contribution in [3.8, 4) is 0 Å². The third-order valence-corrected chi connectivity index (χ3v) is 4.23. The lowest BCUT2D eigenvalue weighted by Gasteiger charge is -2.12. The fourth-order valence-electron chi connectivity index (χ4n) is 2.30. The van der Waals surface area contributed by atoms with Gasteiger partial charge in [0.15, 0.2) is 4.77 Å². The summed E-state index contributed by atoms with van der Waals surface area (Å²) in [4.78, 5) is 3.15. The number of halogens is 2. The highest BCUT2D eigenvalue weighted by atomic mass is 127. The molecule has 1 N–H and O–H groups in total. The first kappa shape index (κ1) is 11.4. The van der Waals surface area contributed by atoms with E-state index in [0.717, 1.165) is 23.9 Å². The van der Waals surface area contributed by atoms with Crippen LogP contribution < -0.4 is 0 Å². The molecule has 17 heavy (non-hydrogen) atoms. The summed E-state index contributed by atoms with van der Waals surface area (Å²) in [5.41, 5.74) is 1.77. The Kier molecular flexibility index (Phi) is 2.82. The highest BCUT2D eigenvalue weighted by Gasteiger charge is 2.17. The summed E-state index contributed by atoms with van der Waals surface area (Å²) in [6, 6.07) is 3.71. The summed E-state index contributed by atoms with van der Waals surface area (Å²) < 4.78 is 17.0. The molecule has 2 aromatic rings. The van der Waals surface area contributed by atoms with Crippen molar-refractivity contribution < 1.29 is 4.39 Å². The van der Waals surface area contributed by atoms with Crippen LogP contribution in [0.3, 0.4) is 0 Å². The van der Waals surface area contributed by atoms with Crippen LogP contribution in [0.2, 0.25) is 0 Å². The van der Waals surface area contributed by atoms with E-state index in [2.05, 4.69) is 17.1 Å². The number of nitrogens with zero attached hydrogens (tertiary/aromatic N) is 1. The molecular formula is C12H10FIN2S. The van der Waals surface area contributed by atoms with Crippen LogP contribution in [-0.2, 0) is 0 Å². The van der Waals surface area contributed by atoms with Gasteiger partial charge in [-0.2, -0.15) is 0 Å². The van der Waals surface area contributed by atoms with Gasteiger partial charge < -0.3 is 9.55 Å². The van der Waals surface area contributed by atoms with Gasteiger partial charge in [0.05, 0.1) is 14.6 Å². The lowest BCUT2D eigenvalue weighted by Crippen LogP contribution is -2.05. The van der Waals surface area contributed by atoms with Gasteiger partial charge in [-0.05, 0) is 53.7 Å². The maximum Gasteiger partial charge on any atom is 0.178 e. The molecule has 0 saturated carbocycles. The first-order valence-corrected chi connectivity index (χ1v) is 6.90. The van der Waals surface area contributed by atoms with Gasteiger partial charge >= 0.3 is 0 Å². The SMILES string of the molecule is Fc1cc2c(cc1I)[nH]c(=S)n2C1CC=CC1. The summed E-state index contributed by atoms with van der Waals surface area (Å²) in [5.74, 6) is -0.188. The number of hydrogen-bond acceptors (Lipinski definition) is 1.